The maximum Gasteiger partial charge on any atom is 0.222 e. The highest BCUT2D eigenvalue weighted by atomic mass is 35.5. The van der Waals surface area contributed by atoms with Crippen molar-refractivity contribution in [2.75, 3.05) is 25.0 Å². The molecule has 1 saturated heterocycles. The molecule has 0 bridgehead atoms. The first kappa shape index (κ1) is 17.9. The van der Waals surface area contributed by atoms with E-state index in [1.807, 2.05) is 4.90 Å². The zero-order valence-corrected chi connectivity index (χ0v) is 14.5. The van der Waals surface area contributed by atoms with Crippen molar-refractivity contribution in [2.45, 2.75) is 32.1 Å². The minimum absolute atomic E-state index is 0.0532. The van der Waals surface area contributed by atoms with E-state index in [9.17, 15) is 9.18 Å². The number of benzene rings is 1. The number of halogens is 2. The standard InChI is InChI=1S/C16H21ClFN3OS/c17-13-11-12(6-7-14(13)18)20-16(23)19-8-4-10-21-9-3-1-2-5-15(21)22/h6-7,11H,1-5,8-10H2,(H2,19,20,23). The summed E-state index contributed by atoms with van der Waals surface area (Å²) in [5, 5.41) is 6.54. The van der Waals surface area contributed by atoms with Gasteiger partial charge in [0.1, 0.15) is 5.82 Å². The number of thiocarbonyl (C=S) groups is 1. The third-order valence-corrected chi connectivity index (χ3v) is 4.28. The van der Waals surface area contributed by atoms with E-state index in [0.717, 1.165) is 38.8 Å². The highest BCUT2D eigenvalue weighted by molar-refractivity contribution is 7.80. The maximum absolute atomic E-state index is 13.1. The number of amides is 1. The Morgan fingerprint density at radius 3 is 2.96 bits per heavy atom. The first-order valence-electron chi connectivity index (χ1n) is 7.84. The second kappa shape index (κ2) is 9.03. The van der Waals surface area contributed by atoms with Gasteiger partial charge in [0.05, 0.1) is 5.02 Å². The molecule has 0 unspecified atom stereocenters. The van der Waals surface area contributed by atoms with Gasteiger partial charge < -0.3 is 15.5 Å². The van der Waals surface area contributed by atoms with Crippen molar-refractivity contribution in [2.24, 2.45) is 0 Å². The van der Waals surface area contributed by atoms with Gasteiger partial charge in [-0.05, 0) is 49.7 Å². The fourth-order valence-corrected chi connectivity index (χ4v) is 2.90. The van der Waals surface area contributed by atoms with E-state index in [2.05, 4.69) is 10.6 Å². The highest BCUT2D eigenvalue weighted by Gasteiger charge is 2.15. The summed E-state index contributed by atoms with van der Waals surface area (Å²) in [7, 11) is 0. The van der Waals surface area contributed by atoms with Crippen LogP contribution in [0, 0.1) is 5.82 Å². The highest BCUT2D eigenvalue weighted by Crippen LogP contribution is 2.19. The molecule has 1 aromatic carbocycles. The first-order valence-corrected chi connectivity index (χ1v) is 8.62. The average Bonchev–Trinajstić information content (AvgIpc) is 2.72. The molecule has 0 aliphatic carbocycles. The number of nitrogens with one attached hydrogen (secondary N) is 2. The predicted molar refractivity (Wildman–Crippen MR) is 95.3 cm³/mol. The lowest BCUT2D eigenvalue weighted by molar-refractivity contribution is -0.130. The Morgan fingerprint density at radius 2 is 2.17 bits per heavy atom. The fraction of sp³-hybridized carbons (Fsp3) is 0.500. The summed E-state index contributed by atoms with van der Waals surface area (Å²) in [4.78, 5) is 13.8. The lowest BCUT2D eigenvalue weighted by Crippen LogP contribution is -2.35. The Bertz CT molecular complexity index is 570. The number of hydrogen-bond acceptors (Lipinski definition) is 2. The van der Waals surface area contributed by atoms with Crippen molar-refractivity contribution in [3.05, 3.63) is 29.0 Å². The third kappa shape index (κ3) is 5.95. The van der Waals surface area contributed by atoms with Crippen LogP contribution in [0.4, 0.5) is 10.1 Å². The first-order chi connectivity index (χ1) is 11.1. The van der Waals surface area contributed by atoms with Crippen LogP contribution in [0.25, 0.3) is 0 Å². The van der Waals surface area contributed by atoms with Crippen LogP contribution in [0.5, 0.6) is 0 Å². The van der Waals surface area contributed by atoms with Crippen molar-refractivity contribution in [3.63, 3.8) is 0 Å². The molecule has 7 heteroatoms. The van der Waals surface area contributed by atoms with Crippen LogP contribution in [0.2, 0.25) is 5.02 Å². The second-order valence-electron chi connectivity index (χ2n) is 5.55. The number of anilines is 1. The second-order valence-corrected chi connectivity index (χ2v) is 6.37. The summed E-state index contributed by atoms with van der Waals surface area (Å²) in [6.45, 7) is 2.27. The molecule has 0 radical (unpaired) electrons. The molecule has 1 amide bonds. The van der Waals surface area contributed by atoms with Crippen molar-refractivity contribution < 1.29 is 9.18 Å². The van der Waals surface area contributed by atoms with Crippen molar-refractivity contribution in [1.82, 2.24) is 10.2 Å². The Labute approximate surface area is 146 Å². The molecule has 2 rings (SSSR count). The normalized spacial score (nSPS) is 15.2. The van der Waals surface area contributed by atoms with Gasteiger partial charge in [0.2, 0.25) is 5.91 Å². The molecule has 2 N–H and O–H groups in total. The van der Waals surface area contributed by atoms with E-state index in [1.165, 1.54) is 12.1 Å². The molecule has 0 saturated carbocycles. The van der Waals surface area contributed by atoms with Gasteiger partial charge in [-0.1, -0.05) is 18.0 Å². The molecule has 1 aliphatic rings. The van der Waals surface area contributed by atoms with Crippen LogP contribution in [-0.4, -0.2) is 35.6 Å². The molecule has 1 aromatic rings. The van der Waals surface area contributed by atoms with E-state index < -0.39 is 5.82 Å². The van der Waals surface area contributed by atoms with Crippen LogP contribution >= 0.6 is 23.8 Å². The number of hydrogen-bond donors (Lipinski definition) is 2. The van der Waals surface area contributed by atoms with Crippen LogP contribution in [0.15, 0.2) is 18.2 Å². The van der Waals surface area contributed by atoms with E-state index in [4.69, 9.17) is 23.8 Å². The molecule has 0 atom stereocenters. The Kier molecular flexibility index (Phi) is 7.05. The largest absolute Gasteiger partial charge is 0.362 e. The zero-order chi connectivity index (χ0) is 16.7. The van der Waals surface area contributed by atoms with Crippen LogP contribution < -0.4 is 10.6 Å². The number of nitrogens with zero attached hydrogens (tertiary/aromatic N) is 1. The molecular weight excluding hydrogens is 337 g/mol. The van der Waals surface area contributed by atoms with Crippen molar-refractivity contribution in [1.29, 1.82) is 0 Å². The quantitative estimate of drug-likeness (QED) is 0.624. The topological polar surface area (TPSA) is 44.4 Å². The zero-order valence-electron chi connectivity index (χ0n) is 12.9. The van der Waals surface area contributed by atoms with Gasteiger partial charge in [-0.2, -0.15) is 0 Å². The van der Waals surface area contributed by atoms with Gasteiger partial charge in [0.25, 0.3) is 0 Å². The van der Waals surface area contributed by atoms with Crippen molar-refractivity contribution >= 4 is 40.5 Å². The summed E-state index contributed by atoms with van der Waals surface area (Å²) >= 11 is 10.9. The lowest BCUT2D eigenvalue weighted by Gasteiger charge is -2.20. The molecule has 23 heavy (non-hydrogen) atoms. The SMILES string of the molecule is O=C1CCCCCN1CCCNC(=S)Nc1ccc(F)c(Cl)c1. The Hall–Kier alpha value is -1.40. The Balaban J connectivity index is 1.68. The smallest absolute Gasteiger partial charge is 0.222 e. The summed E-state index contributed by atoms with van der Waals surface area (Å²) in [6.07, 6.45) is 4.72. The van der Waals surface area contributed by atoms with Gasteiger partial charge in [0, 0.05) is 31.7 Å². The van der Waals surface area contributed by atoms with Gasteiger partial charge >= 0.3 is 0 Å². The van der Waals surface area contributed by atoms with Crippen LogP contribution in [0.3, 0.4) is 0 Å². The molecule has 1 aliphatic heterocycles. The molecule has 126 valence electrons. The number of rotatable bonds is 5. The van der Waals surface area contributed by atoms with Gasteiger partial charge in [-0.25, -0.2) is 4.39 Å². The van der Waals surface area contributed by atoms with Gasteiger partial charge in [-0.3, -0.25) is 4.79 Å². The predicted octanol–water partition coefficient (Wildman–Crippen LogP) is 3.56. The average molecular weight is 358 g/mol. The van der Waals surface area contributed by atoms with E-state index in [0.29, 0.717) is 23.8 Å². The van der Waals surface area contributed by atoms with Crippen molar-refractivity contribution in [3.8, 4) is 0 Å². The maximum atomic E-state index is 13.1. The van der Waals surface area contributed by atoms with E-state index >= 15 is 0 Å². The molecular formula is C16H21ClFN3OS. The van der Waals surface area contributed by atoms with Crippen LogP contribution in [0.1, 0.15) is 32.1 Å². The molecule has 4 nitrogen and oxygen atoms in total. The molecule has 0 spiro atoms. The monoisotopic (exact) mass is 357 g/mol. The number of carbonyl (C=O) groups excluding carboxylic acids is 1. The minimum Gasteiger partial charge on any atom is -0.362 e. The number of carbonyl (C=O) groups is 1. The minimum atomic E-state index is -0.460. The fourth-order valence-electron chi connectivity index (χ4n) is 2.50. The number of likely N-dealkylation sites (tertiary alicyclic amines) is 1. The lowest BCUT2D eigenvalue weighted by atomic mass is 10.2. The van der Waals surface area contributed by atoms with E-state index in [1.54, 1.807) is 6.07 Å². The summed E-state index contributed by atoms with van der Waals surface area (Å²) in [5.74, 6) is -0.206. The molecule has 0 aromatic heterocycles. The van der Waals surface area contributed by atoms with Crippen LogP contribution in [-0.2, 0) is 4.79 Å². The third-order valence-electron chi connectivity index (χ3n) is 3.74. The summed E-state index contributed by atoms with van der Waals surface area (Å²) < 4.78 is 13.1. The summed E-state index contributed by atoms with van der Waals surface area (Å²) in [5.41, 5.74) is 0.636. The molecule has 1 fully saturated rings. The summed E-state index contributed by atoms with van der Waals surface area (Å²) in [6, 6.07) is 4.35. The Morgan fingerprint density at radius 1 is 1.35 bits per heavy atom. The van der Waals surface area contributed by atoms with Gasteiger partial charge in [0.15, 0.2) is 5.11 Å². The van der Waals surface area contributed by atoms with Gasteiger partial charge in [-0.15, -0.1) is 0 Å². The molecule has 1 heterocycles. The van der Waals surface area contributed by atoms with E-state index in [-0.39, 0.29) is 10.9 Å².